The minimum absolute atomic E-state index is 0.0688. The van der Waals surface area contributed by atoms with Gasteiger partial charge in [0.25, 0.3) is 5.91 Å². The number of rotatable bonds is 3. The molecule has 1 aromatic carbocycles. The Morgan fingerprint density at radius 1 is 1.50 bits per heavy atom. The first-order valence-electron chi connectivity index (χ1n) is 5.63. The summed E-state index contributed by atoms with van der Waals surface area (Å²) in [7, 11) is 0. The molecule has 0 aliphatic carbocycles. The van der Waals surface area contributed by atoms with Crippen molar-refractivity contribution < 1.29 is 14.3 Å². The fourth-order valence-corrected chi connectivity index (χ4v) is 2.27. The van der Waals surface area contributed by atoms with Gasteiger partial charge in [-0.05, 0) is 34.1 Å². The summed E-state index contributed by atoms with van der Waals surface area (Å²) in [5.74, 6) is -0.146. The molecule has 2 rings (SSSR count). The lowest BCUT2D eigenvalue weighted by Gasteiger charge is -2.23. The van der Waals surface area contributed by atoms with Gasteiger partial charge in [-0.1, -0.05) is 0 Å². The Balaban J connectivity index is 1.92. The van der Waals surface area contributed by atoms with Gasteiger partial charge in [-0.3, -0.25) is 4.79 Å². The molecular formula is C12H14BrNO3S. The van der Waals surface area contributed by atoms with Gasteiger partial charge >= 0.3 is 0 Å². The van der Waals surface area contributed by atoms with Crippen molar-refractivity contribution in [3.63, 3.8) is 0 Å². The third-order valence-corrected chi connectivity index (χ3v) is 3.54. The van der Waals surface area contributed by atoms with E-state index in [9.17, 15) is 4.79 Å². The van der Waals surface area contributed by atoms with Crippen LogP contribution < -0.4 is 5.32 Å². The van der Waals surface area contributed by atoms with Gasteiger partial charge in [0.1, 0.15) is 0 Å². The number of amides is 1. The second-order valence-electron chi connectivity index (χ2n) is 3.94. The average molecular weight is 332 g/mol. The van der Waals surface area contributed by atoms with Gasteiger partial charge in [0.15, 0.2) is 0 Å². The summed E-state index contributed by atoms with van der Waals surface area (Å²) in [5, 5.41) is 2.83. The number of carbonyl (C=O) groups excluding carboxylic acids is 1. The summed E-state index contributed by atoms with van der Waals surface area (Å²) in [5.41, 5.74) is 0.569. The smallest absolute Gasteiger partial charge is 0.252 e. The van der Waals surface area contributed by atoms with Gasteiger partial charge in [0, 0.05) is 15.9 Å². The Bertz CT molecular complexity index is 435. The van der Waals surface area contributed by atoms with Crippen LogP contribution in [0.25, 0.3) is 0 Å². The number of thiol groups is 1. The highest BCUT2D eigenvalue weighted by Gasteiger charge is 2.16. The van der Waals surface area contributed by atoms with Crippen molar-refractivity contribution in [3.8, 4) is 0 Å². The van der Waals surface area contributed by atoms with Crippen LogP contribution in [-0.2, 0) is 9.47 Å². The van der Waals surface area contributed by atoms with E-state index in [4.69, 9.17) is 9.47 Å². The van der Waals surface area contributed by atoms with Crippen LogP contribution in [0.4, 0.5) is 0 Å². The van der Waals surface area contributed by atoms with Gasteiger partial charge in [-0.2, -0.15) is 0 Å². The highest BCUT2D eigenvalue weighted by molar-refractivity contribution is 9.10. The maximum atomic E-state index is 12.0. The first kappa shape index (κ1) is 13.9. The monoisotopic (exact) mass is 331 g/mol. The number of nitrogens with one attached hydrogen (secondary N) is 1. The largest absolute Gasteiger partial charge is 0.376 e. The average Bonchev–Trinajstić information content (AvgIpc) is 2.40. The van der Waals surface area contributed by atoms with Crippen molar-refractivity contribution in [1.29, 1.82) is 0 Å². The van der Waals surface area contributed by atoms with Crippen LogP contribution in [0.15, 0.2) is 27.6 Å². The van der Waals surface area contributed by atoms with E-state index in [-0.39, 0.29) is 12.0 Å². The van der Waals surface area contributed by atoms with Crippen molar-refractivity contribution in [2.45, 2.75) is 11.0 Å². The van der Waals surface area contributed by atoms with Crippen LogP contribution in [0.3, 0.4) is 0 Å². The zero-order chi connectivity index (χ0) is 13.0. The highest BCUT2D eigenvalue weighted by Crippen LogP contribution is 2.20. The zero-order valence-corrected chi connectivity index (χ0v) is 12.2. The topological polar surface area (TPSA) is 47.6 Å². The van der Waals surface area contributed by atoms with Crippen molar-refractivity contribution in [2.24, 2.45) is 0 Å². The van der Waals surface area contributed by atoms with E-state index < -0.39 is 0 Å². The lowest BCUT2D eigenvalue weighted by atomic mass is 10.2. The van der Waals surface area contributed by atoms with Crippen LogP contribution in [-0.4, -0.2) is 38.4 Å². The molecule has 0 spiro atoms. The molecule has 98 valence electrons. The Kier molecular flexibility index (Phi) is 5.05. The molecule has 0 aromatic heterocycles. The SMILES string of the molecule is O=C(NCC1COCCO1)c1cc(S)ccc1Br. The lowest BCUT2D eigenvalue weighted by molar-refractivity contribution is -0.0855. The maximum absolute atomic E-state index is 12.0. The van der Waals surface area contributed by atoms with Crippen molar-refractivity contribution in [2.75, 3.05) is 26.4 Å². The molecule has 0 saturated carbocycles. The van der Waals surface area contributed by atoms with E-state index >= 15 is 0 Å². The van der Waals surface area contributed by atoms with Crippen LogP contribution in [0, 0.1) is 0 Å². The zero-order valence-electron chi connectivity index (χ0n) is 9.69. The van der Waals surface area contributed by atoms with Gasteiger partial charge in [-0.25, -0.2) is 0 Å². The van der Waals surface area contributed by atoms with E-state index in [1.165, 1.54) is 0 Å². The van der Waals surface area contributed by atoms with E-state index in [0.717, 1.165) is 9.37 Å². The lowest BCUT2D eigenvalue weighted by Crippen LogP contribution is -2.39. The molecular weight excluding hydrogens is 318 g/mol. The molecule has 1 saturated heterocycles. The number of halogens is 1. The molecule has 1 aliphatic heterocycles. The number of carbonyl (C=O) groups is 1. The molecule has 6 heteroatoms. The minimum atomic E-state index is -0.146. The van der Waals surface area contributed by atoms with Gasteiger partial charge in [0.2, 0.25) is 0 Å². The second kappa shape index (κ2) is 6.56. The quantitative estimate of drug-likeness (QED) is 0.831. The van der Waals surface area contributed by atoms with Crippen LogP contribution in [0.2, 0.25) is 0 Å². The Morgan fingerprint density at radius 3 is 3.06 bits per heavy atom. The summed E-state index contributed by atoms with van der Waals surface area (Å²) in [4.78, 5) is 12.7. The van der Waals surface area contributed by atoms with Crippen molar-refractivity contribution >= 4 is 34.5 Å². The van der Waals surface area contributed by atoms with E-state index in [1.807, 2.05) is 6.07 Å². The summed E-state index contributed by atoms with van der Waals surface area (Å²) >= 11 is 7.57. The first-order valence-corrected chi connectivity index (χ1v) is 6.87. The molecule has 1 aliphatic rings. The molecule has 1 fully saturated rings. The Morgan fingerprint density at radius 2 is 2.33 bits per heavy atom. The highest BCUT2D eigenvalue weighted by atomic mass is 79.9. The third kappa shape index (κ3) is 3.71. The standard InChI is InChI=1S/C12H14BrNO3S/c13-11-2-1-9(18)5-10(11)12(15)14-6-8-7-16-3-4-17-8/h1-2,5,8,18H,3-4,6-7H2,(H,14,15). The van der Waals surface area contributed by atoms with Crippen LogP contribution >= 0.6 is 28.6 Å². The van der Waals surface area contributed by atoms with E-state index in [0.29, 0.717) is 31.9 Å². The normalized spacial score (nSPS) is 19.6. The fourth-order valence-electron chi connectivity index (χ4n) is 1.64. The van der Waals surface area contributed by atoms with E-state index in [1.54, 1.807) is 12.1 Å². The number of ether oxygens (including phenoxy) is 2. The fraction of sp³-hybridized carbons (Fsp3) is 0.417. The first-order chi connectivity index (χ1) is 8.66. The molecule has 4 nitrogen and oxygen atoms in total. The molecule has 1 atom stereocenters. The van der Waals surface area contributed by atoms with Gasteiger partial charge < -0.3 is 14.8 Å². The van der Waals surface area contributed by atoms with Gasteiger partial charge in [0.05, 0.1) is 31.5 Å². The summed E-state index contributed by atoms with van der Waals surface area (Å²) in [6.07, 6.45) is -0.0688. The third-order valence-electron chi connectivity index (χ3n) is 2.57. The van der Waals surface area contributed by atoms with Gasteiger partial charge in [-0.15, -0.1) is 12.6 Å². The second-order valence-corrected chi connectivity index (χ2v) is 5.31. The van der Waals surface area contributed by atoms with Crippen molar-refractivity contribution in [3.05, 3.63) is 28.2 Å². The molecule has 1 N–H and O–H groups in total. The molecule has 1 unspecified atom stereocenters. The number of hydrogen-bond acceptors (Lipinski definition) is 4. The van der Waals surface area contributed by atoms with Crippen molar-refractivity contribution in [1.82, 2.24) is 5.32 Å². The van der Waals surface area contributed by atoms with Crippen LogP contribution in [0.5, 0.6) is 0 Å². The maximum Gasteiger partial charge on any atom is 0.252 e. The molecule has 1 amide bonds. The molecule has 1 aromatic rings. The van der Waals surface area contributed by atoms with Crippen LogP contribution in [0.1, 0.15) is 10.4 Å². The molecule has 0 radical (unpaired) electrons. The molecule has 0 bridgehead atoms. The number of hydrogen-bond donors (Lipinski definition) is 2. The molecule has 1 heterocycles. The number of benzene rings is 1. The minimum Gasteiger partial charge on any atom is -0.376 e. The summed E-state index contributed by atoms with van der Waals surface area (Å²) in [6.45, 7) is 2.17. The Hall–Kier alpha value is -0.560. The predicted octanol–water partition coefficient (Wildman–Crippen LogP) is 1.88. The Labute approximate surface area is 120 Å². The molecule has 18 heavy (non-hydrogen) atoms. The predicted molar refractivity (Wildman–Crippen MR) is 74.3 cm³/mol. The van der Waals surface area contributed by atoms with E-state index in [2.05, 4.69) is 33.9 Å². The summed E-state index contributed by atoms with van der Waals surface area (Å²) in [6, 6.07) is 5.35. The summed E-state index contributed by atoms with van der Waals surface area (Å²) < 4.78 is 11.5.